The number of hydrogen-bond donors (Lipinski definition) is 1. The molecular weight excluding hydrogens is 254 g/mol. The zero-order chi connectivity index (χ0) is 14.3. The standard InChI is InChI=1S/C16H27NOS/c1-6-15(11-19-5)17-13(4)14-7-9-16(10-8-14)18-12(2)3/h7-10,12-13,15,17H,6,11H2,1-5H3. The third kappa shape index (κ3) is 5.87. The van der Waals surface area contributed by atoms with Gasteiger partial charge in [0.25, 0.3) is 0 Å². The Kier molecular flexibility index (Phi) is 7.32. The molecule has 2 unspecified atom stereocenters. The first-order chi connectivity index (χ1) is 9.06. The van der Waals surface area contributed by atoms with E-state index in [1.807, 2.05) is 25.6 Å². The van der Waals surface area contributed by atoms with Gasteiger partial charge >= 0.3 is 0 Å². The van der Waals surface area contributed by atoms with Crippen molar-refractivity contribution in [1.82, 2.24) is 5.32 Å². The van der Waals surface area contributed by atoms with Gasteiger partial charge in [-0.15, -0.1) is 0 Å². The molecule has 2 atom stereocenters. The molecule has 0 heterocycles. The van der Waals surface area contributed by atoms with E-state index >= 15 is 0 Å². The maximum absolute atomic E-state index is 5.67. The molecule has 0 aliphatic heterocycles. The van der Waals surface area contributed by atoms with Crippen molar-refractivity contribution in [2.24, 2.45) is 0 Å². The van der Waals surface area contributed by atoms with E-state index in [-0.39, 0.29) is 6.10 Å². The fourth-order valence-corrected chi connectivity index (χ4v) is 2.78. The molecule has 2 nitrogen and oxygen atoms in total. The van der Waals surface area contributed by atoms with Crippen LogP contribution in [-0.2, 0) is 0 Å². The Labute approximate surface area is 122 Å². The Balaban J connectivity index is 2.59. The minimum atomic E-state index is 0.229. The summed E-state index contributed by atoms with van der Waals surface area (Å²) in [4.78, 5) is 0. The number of thioether (sulfide) groups is 1. The van der Waals surface area contributed by atoms with Crippen molar-refractivity contribution in [3.63, 3.8) is 0 Å². The summed E-state index contributed by atoms with van der Waals surface area (Å²) in [7, 11) is 0. The molecule has 3 heteroatoms. The molecular formula is C16H27NOS. The van der Waals surface area contributed by atoms with Gasteiger partial charge < -0.3 is 10.1 Å². The normalized spacial score (nSPS) is 14.4. The molecule has 1 aromatic rings. The average molecular weight is 281 g/mol. The molecule has 0 radical (unpaired) electrons. The zero-order valence-electron chi connectivity index (χ0n) is 12.8. The van der Waals surface area contributed by atoms with Crippen LogP contribution < -0.4 is 10.1 Å². The summed E-state index contributed by atoms with van der Waals surface area (Å²) in [6.07, 6.45) is 3.56. The third-order valence-corrected chi connectivity index (χ3v) is 3.83. The summed E-state index contributed by atoms with van der Waals surface area (Å²) >= 11 is 1.90. The first kappa shape index (κ1) is 16.4. The molecule has 0 bridgehead atoms. The molecule has 108 valence electrons. The first-order valence-corrected chi connectivity index (χ1v) is 8.47. The van der Waals surface area contributed by atoms with E-state index in [9.17, 15) is 0 Å². The average Bonchev–Trinajstić information content (AvgIpc) is 2.38. The third-order valence-electron chi connectivity index (χ3n) is 3.10. The topological polar surface area (TPSA) is 21.3 Å². The summed E-state index contributed by atoms with van der Waals surface area (Å²) in [5, 5.41) is 3.68. The van der Waals surface area contributed by atoms with Crippen LogP contribution in [0.2, 0.25) is 0 Å². The van der Waals surface area contributed by atoms with Crippen LogP contribution in [0.5, 0.6) is 5.75 Å². The van der Waals surface area contributed by atoms with E-state index in [4.69, 9.17) is 4.74 Å². The van der Waals surface area contributed by atoms with Gasteiger partial charge in [0.15, 0.2) is 0 Å². The maximum atomic E-state index is 5.67. The van der Waals surface area contributed by atoms with Crippen LogP contribution in [0.25, 0.3) is 0 Å². The maximum Gasteiger partial charge on any atom is 0.119 e. The zero-order valence-corrected chi connectivity index (χ0v) is 13.6. The fraction of sp³-hybridized carbons (Fsp3) is 0.625. The Bertz CT molecular complexity index is 350. The largest absolute Gasteiger partial charge is 0.491 e. The van der Waals surface area contributed by atoms with Crippen LogP contribution in [0.4, 0.5) is 0 Å². The van der Waals surface area contributed by atoms with Crippen molar-refractivity contribution < 1.29 is 4.74 Å². The highest BCUT2D eigenvalue weighted by Gasteiger charge is 2.11. The number of hydrogen-bond acceptors (Lipinski definition) is 3. The van der Waals surface area contributed by atoms with Gasteiger partial charge in [-0.1, -0.05) is 19.1 Å². The van der Waals surface area contributed by atoms with E-state index in [0.29, 0.717) is 12.1 Å². The first-order valence-electron chi connectivity index (χ1n) is 7.08. The SMILES string of the molecule is CCC(CSC)NC(C)c1ccc(OC(C)C)cc1. The lowest BCUT2D eigenvalue weighted by atomic mass is 10.1. The molecule has 0 amide bonds. The van der Waals surface area contributed by atoms with Crippen LogP contribution in [-0.4, -0.2) is 24.2 Å². The molecule has 0 aromatic heterocycles. The molecule has 0 spiro atoms. The lowest BCUT2D eigenvalue weighted by Gasteiger charge is -2.22. The molecule has 19 heavy (non-hydrogen) atoms. The number of rotatable bonds is 8. The van der Waals surface area contributed by atoms with Gasteiger partial charge in [-0.05, 0) is 51.1 Å². The number of ether oxygens (including phenoxy) is 1. The molecule has 0 saturated carbocycles. The molecule has 0 saturated heterocycles. The summed E-state index contributed by atoms with van der Waals surface area (Å²) < 4.78 is 5.67. The summed E-state index contributed by atoms with van der Waals surface area (Å²) in [5.74, 6) is 2.11. The minimum absolute atomic E-state index is 0.229. The molecule has 0 aliphatic carbocycles. The fourth-order valence-electron chi connectivity index (χ4n) is 2.04. The summed E-state index contributed by atoms with van der Waals surface area (Å²) in [5.41, 5.74) is 1.32. The molecule has 0 fully saturated rings. The highest BCUT2D eigenvalue weighted by atomic mass is 32.2. The highest BCUT2D eigenvalue weighted by molar-refractivity contribution is 7.98. The van der Waals surface area contributed by atoms with E-state index in [0.717, 1.165) is 11.5 Å². The van der Waals surface area contributed by atoms with Crippen molar-refractivity contribution in [2.75, 3.05) is 12.0 Å². The summed E-state index contributed by atoms with van der Waals surface area (Å²) in [6, 6.07) is 9.39. The Morgan fingerprint density at radius 2 is 1.79 bits per heavy atom. The van der Waals surface area contributed by atoms with Crippen molar-refractivity contribution in [3.05, 3.63) is 29.8 Å². The smallest absolute Gasteiger partial charge is 0.119 e. The van der Waals surface area contributed by atoms with Crippen LogP contribution in [0.15, 0.2) is 24.3 Å². The van der Waals surface area contributed by atoms with Gasteiger partial charge in [0.2, 0.25) is 0 Å². The number of nitrogens with one attached hydrogen (secondary N) is 1. The highest BCUT2D eigenvalue weighted by Crippen LogP contribution is 2.19. The molecule has 1 rings (SSSR count). The molecule has 1 aromatic carbocycles. The van der Waals surface area contributed by atoms with Crippen molar-refractivity contribution in [3.8, 4) is 5.75 Å². The van der Waals surface area contributed by atoms with E-state index in [1.54, 1.807) is 0 Å². The van der Waals surface area contributed by atoms with Crippen LogP contribution in [0.3, 0.4) is 0 Å². The lowest BCUT2D eigenvalue weighted by molar-refractivity contribution is 0.242. The van der Waals surface area contributed by atoms with Crippen LogP contribution >= 0.6 is 11.8 Å². The second kappa shape index (κ2) is 8.49. The quantitative estimate of drug-likeness (QED) is 0.769. The van der Waals surface area contributed by atoms with Gasteiger partial charge in [0, 0.05) is 17.8 Å². The molecule has 1 N–H and O–H groups in total. The lowest BCUT2D eigenvalue weighted by Crippen LogP contribution is -2.32. The van der Waals surface area contributed by atoms with Gasteiger partial charge in [0.1, 0.15) is 5.75 Å². The van der Waals surface area contributed by atoms with Crippen LogP contribution in [0.1, 0.15) is 45.7 Å². The van der Waals surface area contributed by atoms with E-state index in [1.165, 1.54) is 12.0 Å². The second-order valence-electron chi connectivity index (χ2n) is 5.18. The van der Waals surface area contributed by atoms with Crippen molar-refractivity contribution >= 4 is 11.8 Å². The second-order valence-corrected chi connectivity index (χ2v) is 6.10. The summed E-state index contributed by atoms with van der Waals surface area (Å²) in [6.45, 7) is 8.56. The minimum Gasteiger partial charge on any atom is -0.491 e. The van der Waals surface area contributed by atoms with Gasteiger partial charge in [0.05, 0.1) is 6.10 Å². The Morgan fingerprint density at radius 3 is 2.26 bits per heavy atom. The van der Waals surface area contributed by atoms with Crippen LogP contribution in [0, 0.1) is 0 Å². The van der Waals surface area contributed by atoms with Gasteiger partial charge in [-0.2, -0.15) is 11.8 Å². The predicted octanol–water partition coefficient (Wildman–Crippen LogP) is 4.27. The Morgan fingerprint density at radius 1 is 1.16 bits per heavy atom. The van der Waals surface area contributed by atoms with Crippen molar-refractivity contribution in [2.45, 2.75) is 52.3 Å². The molecule has 0 aliphatic rings. The Hall–Kier alpha value is -0.670. The van der Waals surface area contributed by atoms with Gasteiger partial charge in [-0.3, -0.25) is 0 Å². The van der Waals surface area contributed by atoms with Gasteiger partial charge in [-0.25, -0.2) is 0 Å². The number of benzene rings is 1. The monoisotopic (exact) mass is 281 g/mol. The van der Waals surface area contributed by atoms with E-state index < -0.39 is 0 Å². The predicted molar refractivity (Wildman–Crippen MR) is 86.2 cm³/mol. The van der Waals surface area contributed by atoms with Crippen molar-refractivity contribution in [1.29, 1.82) is 0 Å². The van der Waals surface area contributed by atoms with E-state index in [2.05, 4.69) is 49.7 Å².